The van der Waals surface area contributed by atoms with E-state index in [1.165, 1.54) is 38.0 Å². The summed E-state index contributed by atoms with van der Waals surface area (Å²) in [7, 11) is 2.24. The van der Waals surface area contributed by atoms with Gasteiger partial charge in [-0.1, -0.05) is 6.92 Å². The third-order valence-electron chi connectivity index (χ3n) is 4.88. The molecule has 3 rings (SSSR count). The van der Waals surface area contributed by atoms with Crippen LogP contribution in [0.5, 0.6) is 0 Å². The second-order valence-corrected chi connectivity index (χ2v) is 6.69. The zero-order chi connectivity index (χ0) is 13.3. The maximum Gasteiger partial charge on any atom is 0.0948 e. The first-order valence-electron chi connectivity index (χ1n) is 7.57. The van der Waals surface area contributed by atoms with Gasteiger partial charge in [-0.3, -0.25) is 0 Å². The zero-order valence-corrected chi connectivity index (χ0v) is 12.2. The maximum atomic E-state index is 4.42. The molecule has 1 N–H and O–H groups in total. The lowest BCUT2D eigenvalue weighted by molar-refractivity contribution is 0.192. The van der Waals surface area contributed by atoms with Crippen LogP contribution >= 0.6 is 0 Å². The molecule has 4 heteroatoms. The van der Waals surface area contributed by atoms with Crippen LogP contribution in [0.3, 0.4) is 0 Å². The van der Waals surface area contributed by atoms with Crippen molar-refractivity contribution in [3.05, 3.63) is 18.2 Å². The van der Waals surface area contributed by atoms with Crippen LogP contribution in [0.1, 0.15) is 31.9 Å². The van der Waals surface area contributed by atoms with Crippen molar-refractivity contribution in [2.45, 2.75) is 38.1 Å². The number of likely N-dealkylation sites (tertiary alicyclic amines) is 1. The molecule has 1 aromatic rings. The number of hydrogen-bond donors (Lipinski definition) is 1. The Balaban J connectivity index is 1.73. The number of aromatic nitrogens is 2. The molecule has 2 aliphatic heterocycles. The van der Waals surface area contributed by atoms with Crippen molar-refractivity contribution in [3.63, 3.8) is 0 Å². The molecule has 0 saturated carbocycles. The highest BCUT2D eigenvalue weighted by atomic mass is 15.1. The highest BCUT2D eigenvalue weighted by Gasteiger charge is 2.33. The highest BCUT2D eigenvalue weighted by molar-refractivity contribution is 5.17. The molecule has 0 radical (unpaired) electrons. The fourth-order valence-corrected chi connectivity index (χ4v) is 3.70. The Labute approximate surface area is 116 Å². The van der Waals surface area contributed by atoms with Crippen molar-refractivity contribution >= 4 is 0 Å². The SMILES string of the molecule is CN1CCCC(Cn2cncc2C2(C)CCNC2)C1. The van der Waals surface area contributed by atoms with Gasteiger partial charge in [0.15, 0.2) is 0 Å². The molecule has 0 bridgehead atoms. The molecule has 4 nitrogen and oxygen atoms in total. The number of rotatable bonds is 3. The van der Waals surface area contributed by atoms with E-state index in [2.05, 4.69) is 39.9 Å². The number of hydrogen-bond acceptors (Lipinski definition) is 3. The third kappa shape index (κ3) is 2.70. The number of piperidine rings is 1. The first kappa shape index (κ1) is 13.1. The molecule has 2 unspecified atom stereocenters. The van der Waals surface area contributed by atoms with Crippen molar-refractivity contribution in [3.8, 4) is 0 Å². The molecule has 0 amide bonds. The molecular formula is C15H26N4. The van der Waals surface area contributed by atoms with E-state index in [9.17, 15) is 0 Å². The van der Waals surface area contributed by atoms with Crippen molar-refractivity contribution in [2.75, 3.05) is 33.2 Å². The van der Waals surface area contributed by atoms with Crippen LogP contribution < -0.4 is 5.32 Å². The number of nitrogens with one attached hydrogen (secondary N) is 1. The summed E-state index contributed by atoms with van der Waals surface area (Å²) in [5.74, 6) is 0.782. The predicted molar refractivity (Wildman–Crippen MR) is 77.3 cm³/mol. The molecule has 0 spiro atoms. The van der Waals surface area contributed by atoms with E-state index in [1.54, 1.807) is 0 Å². The third-order valence-corrected chi connectivity index (χ3v) is 4.88. The molecule has 0 aliphatic carbocycles. The molecule has 0 aromatic carbocycles. The smallest absolute Gasteiger partial charge is 0.0948 e. The fourth-order valence-electron chi connectivity index (χ4n) is 3.70. The monoisotopic (exact) mass is 262 g/mol. The molecule has 3 heterocycles. The van der Waals surface area contributed by atoms with Crippen LogP contribution in [-0.4, -0.2) is 47.7 Å². The summed E-state index contributed by atoms with van der Waals surface area (Å²) in [4.78, 5) is 6.88. The quantitative estimate of drug-likeness (QED) is 0.895. The molecule has 106 valence electrons. The minimum Gasteiger partial charge on any atom is -0.334 e. The lowest BCUT2D eigenvalue weighted by Crippen LogP contribution is -2.35. The summed E-state index contributed by atoms with van der Waals surface area (Å²) in [6, 6.07) is 0. The van der Waals surface area contributed by atoms with Gasteiger partial charge in [-0.15, -0.1) is 0 Å². The minimum atomic E-state index is 0.275. The lowest BCUT2D eigenvalue weighted by atomic mass is 9.86. The van der Waals surface area contributed by atoms with E-state index in [0.29, 0.717) is 0 Å². The lowest BCUT2D eigenvalue weighted by Gasteiger charge is -2.31. The summed E-state index contributed by atoms with van der Waals surface area (Å²) in [6.07, 6.45) is 8.04. The molecule has 2 fully saturated rings. The minimum absolute atomic E-state index is 0.275. The Bertz CT molecular complexity index is 420. The van der Waals surface area contributed by atoms with Gasteiger partial charge in [0.2, 0.25) is 0 Å². The second-order valence-electron chi connectivity index (χ2n) is 6.69. The maximum absolute atomic E-state index is 4.42. The Morgan fingerprint density at radius 2 is 2.42 bits per heavy atom. The summed E-state index contributed by atoms with van der Waals surface area (Å²) >= 11 is 0. The van der Waals surface area contributed by atoms with E-state index in [4.69, 9.17) is 0 Å². The fraction of sp³-hybridized carbons (Fsp3) is 0.800. The van der Waals surface area contributed by atoms with Gasteiger partial charge in [-0.2, -0.15) is 0 Å². The summed E-state index contributed by atoms with van der Waals surface area (Å²) in [6.45, 7) is 8.21. The Morgan fingerprint density at radius 3 is 3.16 bits per heavy atom. The first-order valence-corrected chi connectivity index (χ1v) is 7.57. The summed E-state index contributed by atoms with van der Waals surface area (Å²) < 4.78 is 2.41. The summed E-state index contributed by atoms with van der Waals surface area (Å²) in [5.41, 5.74) is 1.70. The summed E-state index contributed by atoms with van der Waals surface area (Å²) in [5, 5.41) is 3.49. The second kappa shape index (κ2) is 5.25. The molecule has 2 aliphatic rings. The molecule has 2 saturated heterocycles. The Hall–Kier alpha value is -0.870. The average molecular weight is 262 g/mol. The van der Waals surface area contributed by atoms with E-state index >= 15 is 0 Å². The van der Waals surface area contributed by atoms with Crippen molar-refractivity contribution < 1.29 is 0 Å². The van der Waals surface area contributed by atoms with Crippen LogP contribution in [0, 0.1) is 5.92 Å². The standard InChI is InChI=1S/C15H26N4/c1-15(5-6-16-11-15)14-8-17-12-19(14)10-13-4-3-7-18(2)9-13/h8,12-13,16H,3-7,9-11H2,1-2H3. The van der Waals surface area contributed by atoms with Gasteiger partial charge in [0, 0.05) is 36.9 Å². The van der Waals surface area contributed by atoms with Crippen molar-refractivity contribution in [1.82, 2.24) is 19.8 Å². The molecule has 19 heavy (non-hydrogen) atoms. The highest BCUT2D eigenvalue weighted by Crippen LogP contribution is 2.30. The number of imidazole rings is 1. The van der Waals surface area contributed by atoms with Crippen LogP contribution in [-0.2, 0) is 12.0 Å². The molecular weight excluding hydrogens is 236 g/mol. The number of nitrogens with zero attached hydrogens (tertiary/aromatic N) is 3. The van der Waals surface area contributed by atoms with E-state index in [0.717, 1.165) is 25.6 Å². The van der Waals surface area contributed by atoms with Gasteiger partial charge in [-0.05, 0) is 45.3 Å². The first-order chi connectivity index (χ1) is 9.17. The van der Waals surface area contributed by atoms with Gasteiger partial charge in [0.1, 0.15) is 0 Å². The van der Waals surface area contributed by atoms with Crippen LogP contribution in [0.25, 0.3) is 0 Å². The predicted octanol–water partition coefficient (Wildman–Crippen LogP) is 1.48. The van der Waals surface area contributed by atoms with E-state index < -0.39 is 0 Å². The normalized spacial score (nSPS) is 32.8. The van der Waals surface area contributed by atoms with Crippen LogP contribution in [0.15, 0.2) is 12.5 Å². The van der Waals surface area contributed by atoms with Crippen molar-refractivity contribution in [1.29, 1.82) is 0 Å². The van der Waals surface area contributed by atoms with Gasteiger partial charge < -0.3 is 14.8 Å². The largest absolute Gasteiger partial charge is 0.334 e. The van der Waals surface area contributed by atoms with Gasteiger partial charge in [-0.25, -0.2) is 4.98 Å². The Morgan fingerprint density at radius 1 is 1.53 bits per heavy atom. The van der Waals surface area contributed by atoms with Gasteiger partial charge in [0.25, 0.3) is 0 Å². The average Bonchev–Trinajstić information content (AvgIpc) is 2.99. The van der Waals surface area contributed by atoms with Gasteiger partial charge >= 0.3 is 0 Å². The van der Waals surface area contributed by atoms with Gasteiger partial charge in [0.05, 0.1) is 6.33 Å². The zero-order valence-electron chi connectivity index (χ0n) is 12.2. The van der Waals surface area contributed by atoms with Crippen molar-refractivity contribution in [2.24, 2.45) is 5.92 Å². The van der Waals surface area contributed by atoms with E-state index in [-0.39, 0.29) is 5.41 Å². The van der Waals surface area contributed by atoms with E-state index in [1.807, 2.05) is 6.33 Å². The molecule has 2 atom stereocenters. The van der Waals surface area contributed by atoms with Crippen LogP contribution in [0.4, 0.5) is 0 Å². The topological polar surface area (TPSA) is 33.1 Å². The molecule has 1 aromatic heterocycles. The van der Waals surface area contributed by atoms with Crippen LogP contribution in [0.2, 0.25) is 0 Å². The Kier molecular flexibility index (Phi) is 3.63.